The number of halogens is 1. The average molecular weight is 843 g/mol. The number of fused-ring (bicyclic) bond motifs is 5. The number of nitrogens with one attached hydrogen (secondary N) is 1. The molecule has 0 aromatic heterocycles. The molecular weight excluding hydrogens is 788 g/mol. The summed E-state index contributed by atoms with van der Waals surface area (Å²) in [4.78, 5) is 44.5. The van der Waals surface area contributed by atoms with Gasteiger partial charge in [-0.15, -0.1) is 0 Å². The zero-order valence-corrected chi connectivity index (χ0v) is 35.6. The first kappa shape index (κ1) is 40.5. The quantitative estimate of drug-likeness (QED) is 0.169. The van der Waals surface area contributed by atoms with Crippen LogP contribution < -0.4 is 24.4 Å². The number of rotatable bonds is 9. The number of aryl methyl sites for hydroxylation is 1. The number of benzene rings is 4. The van der Waals surface area contributed by atoms with Crippen molar-refractivity contribution in [2.24, 2.45) is 5.92 Å². The summed E-state index contributed by atoms with van der Waals surface area (Å²) in [6, 6.07) is 21.0. The first-order valence-electron chi connectivity index (χ1n) is 22.4. The highest BCUT2D eigenvalue weighted by Crippen LogP contribution is 2.53. The molecule has 324 valence electrons. The molecule has 3 amide bonds. The molecule has 3 saturated heterocycles. The SMILES string of the molecule is COc1cc(N2CCC(CCN3CCC4(CC3)COc3c4cc(OC)c4c3CN([C@H]3CCC(=O)NC3=O)C4=O)CC2)c(F)cc1[C@@H]1c2ccc(O)cc2CC[C@@H]1c1ccccc1. The first-order valence-corrected chi connectivity index (χ1v) is 22.4. The number of carbonyl (C=O) groups is 3. The zero-order chi connectivity index (χ0) is 42.7. The van der Waals surface area contributed by atoms with E-state index in [1.807, 2.05) is 30.3 Å². The molecule has 10 rings (SSSR count). The van der Waals surface area contributed by atoms with Gasteiger partial charge in [0.15, 0.2) is 0 Å². The largest absolute Gasteiger partial charge is 0.508 e. The second kappa shape index (κ2) is 16.3. The number of carbonyl (C=O) groups excluding carboxylic acids is 3. The van der Waals surface area contributed by atoms with E-state index in [1.54, 1.807) is 31.3 Å². The molecule has 0 saturated carbocycles. The van der Waals surface area contributed by atoms with E-state index < -0.39 is 11.9 Å². The van der Waals surface area contributed by atoms with Gasteiger partial charge in [0.05, 0.1) is 38.6 Å². The Kier molecular flexibility index (Phi) is 10.6. The fourth-order valence-electron chi connectivity index (χ4n) is 11.6. The molecule has 1 aliphatic carbocycles. The van der Waals surface area contributed by atoms with E-state index in [1.165, 1.54) is 5.56 Å². The van der Waals surface area contributed by atoms with Gasteiger partial charge < -0.3 is 34.0 Å². The lowest BCUT2D eigenvalue weighted by Gasteiger charge is -2.40. The monoisotopic (exact) mass is 842 g/mol. The highest BCUT2D eigenvalue weighted by atomic mass is 19.1. The maximum Gasteiger partial charge on any atom is 0.259 e. The Morgan fingerprint density at radius 2 is 1.65 bits per heavy atom. The number of phenols is 1. The van der Waals surface area contributed by atoms with Crippen molar-refractivity contribution in [2.75, 3.05) is 58.5 Å². The molecule has 2 N–H and O–H groups in total. The van der Waals surface area contributed by atoms with Gasteiger partial charge in [0, 0.05) is 53.6 Å². The summed E-state index contributed by atoms with van der Waals surface area (Å²) in [7, 11) is 3.25. The molecule has 1 spiro atoms. The predicted octanol–water partition coefficient (Wildman–Crippen LogP) is 7.20. The van der Waals surface area contributed by atoms with Crippen LogP contribution in [-0.2, 0) is 28.0 Å². The van der Waals surface area contributed by atoms with Crippen LogP contribution in [0.5, 0.6) is 23.0 Å². The number of aromatic hydroxyl groups is 1. The Bertz CT molecular complexity index is 2410. The second-order valence-electron chi connectivity index (χ2n) is 18.3. The normalized spacial score (nSPS) is 23.5. The molecule has 62 heavy (non-hydrogen) atoms. The number of hydrogen-bond donors (Lipinski definition) is 2. The molecule has 0 radical (unpaired) electrons. The van der Waals surface area contributed by atoms with Gasteiger partial charge in [-0.25, -0.2) is 4.39 Å². The Hall–Kier alpha value is -5.62. The third kappa shape index (κ3) is 7.04. The molecule has 4 aromatic rings. The van der Waals surface area contributed by atoms with Gasteiger partial charge >= 0.3 is 0 Å². The molecule has 5 heterocycles. The van der Waals surface area contributed by atoms with Crippen LogP contribution >= 0.6 is 0 Å². The number of ether oxygens (including phenoxy) is 3. The highest BCUT2D eigenvalue weighted by Gasteiger charge is 2.49. The van der Waals surface area contributed by atoms with Gasteiger partial charge in [-0.05, 0) is 124 Å². The third-order valence-corrected chi connectivity index (χ3v) is 15.1. The van der Waals surface area contributed by atoms with Crippen molar-refractivity contribution in [3.63, 3.8) is 0 Å². The van der Waals surface area contributed by atoms with Crippen LogP contribution in [0.4, 0.5) is 10.1 Å². The van der Waals surface area contributed by atoms with Crippen molar-refractivity contribution in [2.45, 2.75) is 87.6 Å². The first-order chi connectivity index (χ1) is 30.1. The standard InChI is InChI=1S/C50H55FN4O7/c1-60-42-27-41(39(51)25-36(42)45-34(31-6-4-3-5-7-31)10-8-32-24-33(56)9-11-35(32)45)54-20-15-30(16-21-54)14-19-53-22-17-50(18-23-53)29-62-47-37-28-55(40-12-13-44(57)52-48(40)58)49(59)46(37)43(61-2)26-38(47)50/h3-7,9,11,24-27,30,34,40,45,56H,8,10,12-23,28-29H2,1-2H3,(H,52,57,58)/t34-,40+,45+/m1/s1. The number of likely N-dealkylation sites (tertiary alicyclic amines) is 1. The lowest BCUT2D eigenvalue weighted by atomic mass is 9.69. The minimum atomic E-state index is -0.702. The van der Waals surface area contributed by atoms with Gasteiger partial charge in [-0.3, -0.25) is 19.7 Å². The van der Waals surface area contributed by atoms with Crippen molar-refractivity contribution >= 4 is 23.4 Å². The minimum absolute atomic E-state index is 0.112. The highest BCUT2D eigenvalue weighted by molar-refractivity contribution is 6.07. The van der Waals surface area contributed by atoms with Crippen molar-refractivity contribution in [1.29, 1.82) is 0 Å². The number of anilines is 1. The van der Waals surface area contributed by atoms with Crippen molar-refractivity contribution < 1.29 is 38.1 Å². The van der Waals surface area contributed by atoms with Crippen molar-refractivity contribution in [3.8, 4) is 23.0 Å². The van der Waals surface area contributed by atoms with Crippen molar-refractivity contribution in [3.05, 3.63) is 111 Å². The van der Waals surface area contributed by atoms with E-state index in [2.05, 4.69) is 39.4 Å². The lowest BCUT2D eigenvalue weighted by molar-refractivity contribution is -0.136. The molecule has 3 atom stereocenters. The van der Waals surface area contributed by atoms with E-state index in [0.29, 0.717) is 41.7 Å². The number of phenolic OH excluding ortho intramolecular Hbond substituents is 1. The summed E-state index contributed by atoms with van der Waals surface area (Å²) in [6.45, 7) is 5.27. The lowest BCUT2D eigenvalue weighted by Crippen LogP contribution is -2.52. The topological polar surface area (TPSA) is 121 Å². The van der Waals surface area contributed by atoms with Gasteiger partial charge in [0.2, 0.25) is 11.8 Å². The van der Waals surface area contributed by atoms with E-state index in [0.717, 1.165) is 111 Å². The Balaban J connectivity index is 0.775. The van der Waals surface area contributed by atoms with E-state index in [9.17, 15) is 19.5 Å². The fraction of sp³-hybridized carbons (Fsp3) is 0.460. The maximum atomic E-state index is 16.4. The van der Waals surface area contributed by atoms with Gasteiger partial charge in [0.25, 0.3) is 5.91 Å². The number of piperidine rings is 3. The van der Waals surface area contributed by atoms with Crippen LogP contribution in [0.25, 0.3) is 0 Å². The molecule has 12 heteroatoms. The fourth-order valence-corrected chi connectivity index (χ4v) is 11.6. The summed E-state index contributed by atoms with van der Waals surface area (Å²) in [5, 5.41) is 12.7. The van der Waals surface area contributed by atoms with E-state index in [-0.39, 0.29) is 53.6 Å². The van der Waals surface area contributed by atoms with Crippen LogP contribution in [0.3, 0.4) is 0 Å². The number of hydrogen-bond acceptors (Lipinski definition) is 9. The van der Waals surface area contributed by atoms with Crippen LogP contribution in [0.15, 0.2) is 66.7 Å². The number of amides is 3. The third-order valence-electron chi connectivity index (χ3n) is 15.1. The Labute approximate surface area is 362 Å². The summed E-state index contributed by atoms with van der Waals surface area (Å²) in [6.07, 6.45) is 7.19. The smallest absolute Gasteiger partial charge is 0.259 e. The molecule has 3 fully saturated rings. The summed E-state index contributed by atoms with van der Waals surface area (Å²) >= 11 is 0. The molecule has 11 nitrogen and oxygen atoms in total. The average Bonchev–Trinajstić information content (AvgIpc) is 3.82. The number of nitrogens with zero attached hydrogens (tertiary/aromatic N) is 3. The van der Waals surface area contributed by atoms with Crippen LogP contribution in [0.2, 0.25) is 0 Å². The number of imide groups is 1. The molecule has 4 aromatic carbocycles. The van der Waals surface area contributed by atoms with Gasteiger partial charge in [-0.1, -0.05) is 36.4 Å². The van der Waals surface area contributed by atoms with E-state index >= 15 is 4.39 Å². The van der Waals surface area contributed by atoms with Crippen LogP contribution in [-0.4, -0.2) is 92.2 Å². The Morgan fingerprint density at radius 1 is 0.871 bits per heavy atom. The molecule has 0 unspecified atom stereocenters. The van der Waals surface area contributed by atoms with Crippen LogP contribution in [0, 0.1) is 11.7 Å². The molecule has 0 bridgehead atoms. The Morgan fingerprint density at radius 3 is 2.39 bits per heavy atom. The summed E-state index contributed by atoms with van der Waals surface area (Å²) in [5.41, 5.74) is 7.03. The maximum absolute atomic E-state index is 16.4. The van der Waals surface area contributed by atoms with E-state index in [4.69, 9.17) is 14.2 Å². The predicted molar refractivity (Wildman–Crippen MR) is 232 cm³/mol. The van der Waals surface area contributed by atoms with Gasteiger partial charge in [-0.2, -0.15) is 0 Å². The minimum Gasteiger partial charge on any atom is -0.508 e. The van der Waals surface area contributed by atoms with Crippen LogP contribution in [0.1, 0.15) is 107 Å². The number of methoxy groups -OCH3 is 2. The van der Waals surface area contributed by atoms with Gasteiger partial charge in [0.1, 0.15) is 34.9 Å². The summed E-state index contributed by atoms with van der Waals surface area (Å²) < 4.78 is 34.7. The van der Waals surface area contributed by atoms with Crippen molar-refractivity contribution in [1.82, 2.24) is 15.1 Å². The molecule has 6 aliphatic rings. The zero-order valence-electron chi connectivity index (χ0n) is 35.6. The second-order valence-corrected chi connectivity index (χ2v) is 18.3. The summed E-state index contributed by atoms with van der Waals surface area (Å²) in [5.74, 6) is 1.57. The molecule has 5 aliphatic heterocycles. The molecular formula is C50H55FN4O7.